The van der Waals surface area contributed by atoms with Crippen molar-refractivity contribution in [2.45, 2.75) is 44.4 Å². The molecule has 2 heterocycles. The lowest BCUT2D eigenvalue weighted by Crippen LogP contribution is -2.48. The topological polar surface area (TPSA) is 127 Å². The molecule has 0 saturated carbocycles. The number of primary amides is 1. The van der Waals surface area contributed by atoms with Crippen molar-refractivity contribution in [1.29, 1.82) is 0 Å². The fourth-order valence-electron chi connectivity index (χ4n) is 4.48. The third-order valence-corrected chi connectivity index (χ3v) is 9.34. The molecule has 1 fully saturated rings. The number of hydrogen-bond acceptors (Lipinski definition) is 5. The maximum absolute atomic E-state index is 13.5. The summed E-state index contributed by atoms with van der Waals surface area (Å²) in [4.78, 5) is 25.7. The molecule has 2 aromatic carbocycles. The number of piperidine rings is 1. The second-order valence-electron chi connectivity index (χ2n) is 9.43. The van der Waals surface area contributed by atoms with E-state index in [9.17, 15) is 18.0 Å². The Morgan fingerprint density at radius 1 is 1.08 bits per heavy atom. The maximum Gasteiger partial charge on any atom is 0.272 e. The zero-order chi connectivity index (χ0) is 27.6. The number of carbonyl (C=O) groups excluding carboxylic acids is 2. The number of para-hydroxylation sites is 1. The molecule has 1 aliphatic rings. The average Bonchev–Trinajstić information content (AvgIpc) is 3.23. The van der Waals surface area contributed by atoms with Crippen LogP contribution in [-0.2, 0) is 21.2 Å². The third kappa shape index (κ3) is 5.88. The number of amides is 2. The van der Waals surface area contributed by atoms with Gasteiger partial charge in [0, 0.05) is 35.3 Å². The Bertz CT molecular complexity index is 1450. The standard InChI is InChI=1S/C26H29Cl2N5O4S/c1-16(2)38(36,37)32-13-11-19(12-14-32)30-26(35)24-20(15-23(29)34)25(17-7-9-18(27)10-8-17)33(31-24)22-6-4-3-5-21(22)28/h3-10,16,19H,11-15H2,1-2H3,(H2,29,34)(H,30,35). The van der Waals surface area contributed by atoms with Gasteiger partial charge in [-0.05, 0) is 51.0 Å². The van der Waals surface area contributed by atoms with Gasteiger partial charge in [-0.25, -0.2) is 17.4 Å². The minimum Gasteiger partial charge on any atom is -0.369 e. The number of rotatable bonds is 8. The number of aromatic nitrogens is 2. The van der Waals surface area contributed by atoms with Gasteiger partial charge in [0.2, 0.25) is 15.9 Å². The molecule has 2 amide bonds. The molecule has 3 aromatic rings. The number of nitrogens with zero attached hydrogens (tertiary/aromatic N) is 3. The Kier molecular flexibility index (Phi) is 8.46. The van der Waals surface area contributed by atoms with Crippen LogP contribution in [-0.4, -0.2) is 58.7 Å². The summed E-state index contributed by atoms with van der Waals surface area (Å²) >= 11 is 12.6. The second kappa shape index (κ2) is 11.4. The Balaban J connectivity index is 1.72. The fraction of sp³-hybridized carbons (Fsp3) is 0.346. The molecule has 0 atom stereocenters. The van der Waals surface area contributed by atoms with Gasteiger partial charge in [0.05, 0.1) is 28.1 Å². The minimum absolute atomic E-state index is 0.0471. The second-order valence-corrected chi connectivity index (χ2v) is 12.8. The van der Waals surface area contributed by atoms with Crippen LogP contribution in [0.4, 0.5) is 0 Å². The van der Waals surface area contributed by atoms with Crippen LogP contribution < -0.4 is 11.1 Å². The quantitative estimate of drug-likeness (QED) is 0.420. The van der Waals surface area contributed by atoms with E-state index in [2.05, 4.69) is 10.4 Å². The maximum atomic E-state index is 13.5. The zero-order valence-electron chi connectivity index (χ0n) is 21.0. The molecule has 1 aliphatic heterocycles. The van der Waals surface area contributed by atoms with Gasteiger partial charge in [-0.1, -0.05) is 47.5 Å². The first-order valence-electron chi connectivity index (χ1n) is 12.2. The fourth-order valence-corrected chi connectivity index (χ4v) is 6.14. The molecule has 1 saturated heterocycles. The predicted molar refractivity (Wildman–Crippen MR) is 148 cm³/mol. The molecule has 38 heavy (non-hydrogen) atoms. The van der Waals surface area contributed by atoms with E-state index >= 15 is 0 Å². The summed E-state index contributed by atoms with van der Waals surface area (Å²) in [5.41, 5.74) is 7.69. The van der Waals surface area contributed by atoms with Crippen molar-refractivity contribution in [3.05, 3.63) is 69.8 Å². The number of nitrogens with two attached hydrogens (primary N) is 1. The van der Waals surface area contributed by atoms with Crippen molar-refractivity contribution in [2.75, 3.05) is 13.1 Å². The van der Waals surface area contributed by atoms with Crippen LogP contribution in [0.1, 0.15) is 42.7 Å². The Morgan fingerprint density at radius 2 is 1.71 bits per heavy atom. The van der Waals surface area contributed by atoms with Crippen molar-refractivity contribution in [1.82, 2.24) is 19.4 Å². The molecule has 4 rings (SSSR count). The molecule has 12 heteroatoms. The van der Waals surface area contributed by atoms with Crippen LogP contribution in [0.3, 0.4) is 0 Å². The van der Waals surface area contributed by atoms with E-state index in [0.717, 1.165) is 0 Å². The highest BCUT2D eigenvalue weighted by Gasteiger charge is 2.32. The van der Waals surface area contributed by atoms with Gasteiger partial charge >= 0.3 is 0 Å². The molecule has 1 aromatic heterocycles. The molecule has 0 bridgehead atoms. The Morgan fingerprint density at radius 3 is 2.29 bits per heavy atom. The Hall–Kier alpha value is -2.92. The summed E-state index contributed by atoms with van der Waals surface area (Å²) in [6.07, 6.45) is 0.687. The highest BCUT2D eigenvalue weighted by molar-refractivity contribution is 7.89. The summed E-state index contributed by atoms with van der Waals surface area (Å²) in [7, 11) is -3.36. The molecule has 0 aliphatic carbocycles. The molecular weight excluding hydrogens is 549 g/mol. The Labute approximate surface area is 232 Å². The lowest BCUT2D eigenvalue weighted by atomic mass is 10.0. The molecule has 0 spiro atoms. The van der Waals surface area contributed by atoms with Crippen molar-refractivity contribution < 1.29 is 18.0 Å². The van der Waals surface area contributed by atoms with Crippen molar-refractivity contribution >= 4 is 45.0 Å². The summed E-state index contributed by atoms with van der Waals surface area (Å²) in [6.45, 7) is 3.92. The van der Waals surface area contributed by atoms with Crippen LogP contribution in [0.5, 0.6) is 0 Å². The van der Waals surface area contributed by atoms with Gasteiger partial charge in [-0.3, -0.25) is 9.59 Å². The van der Waals surface area contributed by atoms with Crippen LogP contribution in [0.15, 0.2) is 48.5 Å². The van der Waals surface area contributed by atoms with Crippen LogP contribution >= 0.6 is 23.2 Å². The summed E-state index contributed by atoms with van der Waals surface area (Å²) in [5, 5.41) is 8.00. The minimum atomic E-state index is -3.36. The SMILES string of the molecule is CC(C)S(=O)(=O)N1CCC(NC(=O)c2nn(-c3ccccc3Cl)c(-c3ccc(Cl)cc3)c2CC(N)=O)CC1. The molecule has 202 valence electrons. The average molecular weight is 579 g/mol. The number of halogens is 2. The highest BCUT2D eigenvalue weighted by Crippen LogP contribution is 2.33. The van der Waals surface area contributed by atoms with Crippen LogP contribution in [0.25, 0.3) is 16.9 Å². The van der Waals surface area contributed by atoms with Crippen LogP contribution in [0, 0.1) is 0 Å². The normalized spacial score (nSPS) is 15.1. The van der Waals surface area contributed by atoms with Crippen LogP contribution in [0.2, 0.25) is 10.0 Å². The third-order valence-electron chi connectivity index (χ3n) is 6.49. The van der Waals surface area contributed by atoms with E-state index < -0.39 is 27.1 Å². The van der Waals surface area contributed by atoms with Gasteiger partial charge < -0.3 is 11.1 Å². The van der Waals surface area contributed by atoms with Gasteiger partial charge in [-0.2, -0.15) is 5.10 Å². The number of nitrogens with one attached hydrogen (secondary N) is 1. The van der Waals surface area contributed by atoms with E-state index in [0.29, 0.717) is 58.5 Å². The largest absolute Gasteiger partial charge is 0.369 e. The molecule has 0 radical (unpaired) electrons. The predicted octanol–water partition coefficient (Wildman–Crippen LogP) is 3.81. The summed E-state index contributed by atoms with van der Waals surface area (Å²) in [6, 6.07) is 13.7. The van der Waals surface area contributed by atoms with Gasteiger partial charge in [0.25, 0.3) is 5.91 Å². The monoisotopic (exact) mass is 577 g/mol. The first-order chi connectivity index (χ1) is 18.0. The van der Waals surface area contributed by atoms with Crippen molar-refractivity contribution in [3.8, 4) is 16.9 Å². The highest BCUT2D eigenvalue weighted by atomic mass is 35.5. The lowest BCUT2D eigenvalue weighted by molar-refractivity contribution is -0.117. The molecule has 3 N–H and O–H groups in total. The zero-order valence-corrected chi connectivity index (χ0v) is 23.4. The van der Waals surface area contributed by atoms with Gasteiger partial charge in [0.15, 0.2) is 5.69 Å². The number of benzene rings is 2. The van der Waals surface area contributed by atoms with Crippen molar-refractivity contribution in [2.24, 2.45) is 5.73 Å². The summed E-state index contributed by atoms with van der Waals surface area (Å²) < 4.78 is 28.0. The number of sulfonamides is 1. The summed E-state index contributed by atoms with van der Waals surface area (Å²) in [5.74, 6) is -1.10. The molecule has 9 nitrogen and oxygen atoms in total. The van der Waals surface area contributed by atoms with E-state index in [1.54, 1.807) is 62.4 Å². The smallest absolute Gasteiger partial charge is 0.272 e. The van der Waals surface area contributed by atoms with E-state index in [1.807, 2.05) is 0 Å². The molecule has 0 unspecified atom stereocenters. The van der Waals surface area contributed by atoms with Gasteiger partial charge in [-0.15, -0.1) is 0 Å². The number of hydrogen-bond donors (Lipinski definition) is 2. The van der Waals surface area contributed by atoms with Crippen molar-refractivity contribution in [3.63, 3.8) is 0 Å². The van der Waals surface area contributed by atoms with Gasteiger partial charge in [0.1, 0.15) is 0 Å². The first-order valence-corrected chi connectivity index (χ1v) is 14.5. The number of carbonyl (C=O) groups is 2. The van der Waals surface area contributed by atoms with E-state index in [1.165, 1.54) is 8.99 Å². The van der Waals surface area contributed by atoms with E-state index in [-0.39, 0.29) is 18.2 Å². The lowest BCUT2D eigenvalue weighted by Gasteiger charge is -2.32. The molecular formula is C26H29Cl2N5O4S. The first kappa shape index (κ1) is 28.1. The van der Waals surface area contributed by atoms with E-state index in [4.69, 9.17) is 28.9 Å².